The lowest BCUT2D eigenvalue weighted by molar-refractivity contribution is -0.135. The van der Waals surface area contributed by atoms with Crippen molar-refractivity contribution in [2.24, 2.45) is 5.73 Å². The molecule has 5 nitrogen and oxygen atoms in total. The topological polar surface area (TPSA) is 58.8 Å². The van der Waals surface area contributed by atoms with Crippen molar-refractivity contribution in [1.82, 2.24) is 4.90 Å². The van der Waals surface area contributed by atoms with E-state index in [2.05, 4.69) is 0 Å². The number of amides is 1. The first-order valence-corrected chi connectivity index (χ1v) is 6.96. The largest absolute Gasteiger partial charge is 0.378 e. The smallest absolute Gasteiger partial charge is 0.224 e. The third kappa shape index (κ3) is 3.71. The van der Waals surface area contributed by atoms with Crippen LogP contribution >= 0.6 is 0 Å². The van der Waals surface area contributed by atoms with Gasteiger partial charge in [0.15, 0.2) is 0 Å². The quantitative estimate of drug-likeness (QED) is 0.892. The molecule has 5 heteroatoms. The molecule has 1 atom stereocenters. The van der Waals surface area contributed by atoms with Crippen LogP contribution in [-0.4, -0.2) is 51.2 Å². The van der Waals surface area contributed by atoms with Crippen LogP contribution in [-0.2, 0) is 9.53 Å². The van der Waals surface area contributed by atoms with Crippen molar-refractivity contribution >= 4 is 11.6 Å². The predicted molar refractivity (Wildman–Crippen MR) is 79.7 cm³/mol. The maximum absolute atomic E-state index is 12.1. The first kappa shape index (κ1) is 14.8. The molecule has 1 unspecified atom stereocenters. The van der Waals surface area contributed by atoms with Crippen molar-refractivity contribution in [3.63, 3.8) is 0 Å². The number of morpholine rings is 1. The zero-order valence-electron chi connectivity index (χ0n) is 12.2. The number of carbonyl (C=O) groups is 1. The molecule has 1 aromatic carbocycles. The van der Waals surface area contributed by atoms with Crippen molar-refractivity contribution in [3.05, 3.63) is 29.8 Å². The molecule has 0 saturated carbocycles. The second-order valence-electron chi connectivity index (χ2n) is 5.29. The first-order valence-electron chi connectivity index (χ1n) is 6.96. The Morgan fingerprint density at radius 1 is 1.30 bits per heavy atom. The number of hydrogen-bond donors (Lipinski definition) is 1. The molecule has 2 rings (SSSR count). The van der Waals surface area contributed by atoms with E-state index in [-0.39, 0.29) is 11.9 Å². The first-order chi connectivity index (χ1) is 9.58. The Morgan fingerprint density at radius 3 is 2.45 bits per heavy atom. The lowest BCUT2D eigenvalue weighted by Gasteiger charge is -2.28. The van der Waals surface area contributed by atoms with Gasteiger partial charge in [0.25, 0.3) is 0 Å². The summed E-state index contributed by atoms with van der Waals surface area (Å²) in [5.41, 5.74) is 8.26. The molecule has 0 radical (unpaired) electrons. The van der Waals surface area contributed by atoms with Gasteiger partial charge >= 0.3 is 0 Å². The fourth-order valence-corrected chi connectivity index (χ4v) is 2.27. The van der Waals surface area contributed by atoms with Crippen molar-refractivity contribution in [3.8, 4) is 0 Å². The summed E-state index contributed by atoms with van der Waals surface area (Å²) in [5.74, 6) is 0.109. The standard InChI is InChI=1S/C15H23N3O2/c1-17(2)13-5-3-12(4-6-13)14(16)11-15(19)18-7-9-20-10-8-18/h3-6,14H,7-11,16H2,1-2H3. The van der Waals surface area contributed by atoms with Gasteiger partial charge in [-0.15, -0.1) is 0 Å². The second kappa shape index (κ2) is 6.72. The van der Waals surface area contributed by atoms with Gasteiger partial charge in [-0.05, 0) is 17.7 Å². The number of nitrogens with two attached hydrogens (primary N) is 1. The van der Waals surface area contributed by atoms with E-state index in [9.17, 15) is 4.79 Å². The molecule has 1 saturated heterocycles. The Balaban J connectivity index is 1.93. The van der Waals surface area contributed by atoms with Crippen molar-refractivity contribution < 1.29 is 9.53 Å². The Labute approximate surface area is 120 Å². The van der Waals surface area contributed by atoms with E-state index >= 15 is 0 Å². The van der Waals surface area contributed by atoms with E-state index in [0.717, 1.165) is 11.3 Å². The molecule has 0 bridgehead atoms. The molecule has 1 amide bonds. The fourth-order valence-electron chi connectivity index (χ4n) is 2.27. The number of hydrogen-bond acceptors (Lipinski definition) is 4. The monoisotopic (exact) mass is 277 g/mol. The number of benzene rings is 1. The molecule has 0 aliphatic carbocycles. The van der Waals surface area contributed by atoms with E-state index < -0.39 is 0 Å². The van der Waals surface area contributed by atoms with Crippen molar-refractivity contribution in [2.45, 2.75) is 12.5 Å². The third-order valence-electron chi connectivity index (χ3n) is 3.60. The van der Waals surface area contributed by atoms with Crippen LogP contribution in [0.4, 0.5) is 5.69 Å². The SMILES string of the molecule is CN(C)c1ccc(C(N)CC(=O)N2CCOCC2)cc1. The zero-order valence-corrected chi connectivity index (χ0v) is 12.2. The van der Waals surface area contributed by atoms with Gasteiger partial charge in [0.05, 0.1) is 13.2 Å². The van der Waals surface area contributed by atoms with Crippen LogP contribution in [0.25, 0.3) is 0 Å². The lowest BCUT2D eigenvalue weighted by atomic mass is 10.0. The highest BCUT2D eigenvalue weighted by Crippen LogP contribution is 2.19. The van der Waals surface area contributed by atoms with Crippen LogP contribution in [0.2, 0.25) is 0 Å². The van der Waals surface area contributed by atoms with Gasteiger partial charge in [0.2, 0.25) is 5.91 Å². The van der Waals surface area contributed by atoms with Crippen LogP contribution in [0.1, 0.15) is 18.0 Å². The summed E-state index contributed by atoms with van der Waals surface area (Å²) in [5, 5.41) is 0. The lowest BCUT2D eigenvalue weighted by Crippen LogP contribution is -2.41. The van der Waals surface area contributed by atoms with Gasteiger partial charge in [-0.25, -0.2) is 0 Å². The van der Waals surface area contributed by atoms with E-state index in [1.54, 1.807) is 0 Å². The Morgan fingerprint density at radius 2 is 1.90 bits per heavy atom. The summed E-state index contributed by atoms with van der Waals surface area (Å²) in [7, 11) is 3.99. The van der Waals surface area contributed by atoms with Crippen LogP contribution in [0.5, 0.6) is 0 Å². The molecule has 2 N–H and O–H groups in total. The third-order valence-corrected chi connectivity index (χ3v) is 3.60. The average Bonchev–Trinajstić information content (AvgIpc) is 2.48. The number of anilines is 1. The summed E-state index contributed by atoms with van der Waals surface area (Å²) in [6.45, 7) is 2.59. The van der Waals surface area contributed by atoms with Gasteiger partial charge in [0, 0.05) is 45.3 Å². The minimum Gasteiger partial charge on any atom is -0.378 e. The summed E-state index contributed by atoms with van der Waals surface area (Å²) < 4.78 is 5.25. The molecular weight excluding hydrogens is 254 g/mol. The van der Waals surface area contributed by atoms with Crippen molar-refractivity contribution in [1.29, 1.82) is 0 Å². The Kier molecular flexibility index (Phi) is 4.98. The summed E-state index contributed by atoms with van der Waals surface area (Å²) >= 11 is 0. The zero-order chi connectivity index (χ0) is 14.5. The van der Waals surface area contributed by atoms with Gasteiger partial charge in [-0.2, -0.15) is 0 Å². The van der Waals surface area contributed by atoms with Crippen LogP contribution < -0.4 is 10.6 Å². The Bertz CT molecular complexity index is 439. The normalized spacial score (nSPS) is 16.9. The van der Waals surface area contributed by atoms with E-state index in [1.807, 2.05) is 48.2 Å². The van der Waals surface area contributed by atoms with E-state index in [0.29, 0.717) is 32.7 Å². The molecule has 1 aliphatic rings. The molecule has 0 aromatic heterocycles. The minimum absolute atomic E-state index is 0.109. The second-order valence-corrected chi connectivity index (χ2v) is 5.29. The van der Waals surface area contributed by atoms with Gasteiger partial charge in [-0.1, -0.05) is 12.1 Å². The highest BCUT2D eigenvalue weighted by molar-refractivity contribution is 5.77. The molecule has 1 heterocycles. The molecule has 1 aliphatic heterocycles. The molecule has 0 spiro atoms. The highest BCUT2D eigenvalue weighted by atomic mass is 16.5. The van der Waals surface area contributed by atoms with E-state index in [1.165, 1.54) is 0 Å². The Hall–Kier alpha value is -1.59. The summed E-state index contributed by atoms with van der Waals surface area (Å²) in [4.78, 5) is 16.0. The number of rotatable bonds is 4. The summed E-state index contributed by atoms with van der Waals surface area (Å²) in [6.07, 6.45) is 0.349. The van der Waals surface area contributed by atoms with Crippen LogP contribution in [0.15, 0.2) is 24.3 Å². The molecule has 1 fully saturated rings. The highest BCUT2D eigenvalue weighted by Gasteiger charge is 2.19. The average molecular weight is 277 g/mol. The number of carbonyl (C=O) groups excluding carboxylic acids is 1. The van der Waals surface area contributed by atoms with Crippen LogP contribution in [0, 0.1) is 0 Å². The molecular formula is C15H23N3O2. The molecule has 20 heavy (non-hydrogen) atoms. The predicted octanol–water partition coefficient (Wildman–Crippen LogP) is 1.00. The van der Waals surface area contributed by atoms with E-state index in [4.69, 9.17) is 10.5 Å². The summed E-state index contributed by atoms with van der Waals surface area (Å²) in [6, 6.07) is 7.78. The maximum Gasteiger partial charge on any atom is 0.224 e. The molecule has 110 valence electrons. The van der Waals surface area contributed by atoms with Gasteiger partial charge in [-0.3, -0.25) is 4.79 Å². The van der Waals surface area contributed by atoms with Crippen molar-refractivity contribution in [2.75, 3.05) is 45.3 Å². The minimum atomic E-state index is -0.249. The van der Waals surface area contributed by atoms with Gasteiger partial charge < -0.3 is 20.3 Å². The number of ether oxygens (including phenoxy) is 1. The number of nitrogens with zero attached hydrogens (tertiary/aromatic N) is 2. The van der Waals surface area contributed by atoms with Gasteiger partial charge in [0.1, 0.15) is 0 Å². The van der Waals surface area contributed by atoms with Crippen LogP contribution in [0.3, 0.4) is 0 Å². The fraction of sp³-hybridized carbons (Fsp3) is 0.533. The molecule has 1 aromatic rings. The maximum atomic E-state index is 12.1.